The molecule has 0 spiro atoms. The van der Waals surface area contributed by atoms with Crippen molar-refractivity contribution in [2.75, 3.05) is 19.7 Å². The van der Waals surface area contributed by atoms with Crippen molar-refractivity contribution in [1.29, 1.82) is 0 Å². The number of aliphatic hydroxyl groups excluding tert-OH is 1. The summed E-state index contributed by atoms with van der Waals surface area (Å²) >= 11 is 0. The van der Waals surface area contributed by atoms with Crippen LogP contribution in [0.4, 0.5) is 0 Å². The first-order valence-corrected chi connectivity index (χ1v) is 13.9. The van der Waals surface area contributed by atoms with Gasteiger partial charge in [0, 0.05) is 11.9 Å². The summed E-state index contributed by atoms with van der Waals surface area (Å²) in [6, 6.07) is 26.7. The Hall–Kier alpha value is -3.19. The van der Waals surface area contributed by atoms with Gasteiger partial charge in [0.05, 0.1) is 22.7 Å². The number of hydrogen-bond donors (Lipinski definition) is 1. The van der Waals surface area contributed by atoms with E-state index in [1.165, 1.54) is 9.54 Å². The number of fused-ring (bicyclic) bond motifs is 1. The van der Waals surface area contributed by atoms with E-state index in [-0.39, 0.29) is 17.4 Å². The third-order valence-corrected chi connectivity index (χ3v) is 8.76. The van der Waals surface area contributed by atoms with E-state index in [2.05, 4.69) is 35.2 Å². The number of piperidine rings is 1. The van der Waals surface area contributed by atoms with Crippen molar-refractivity contribution in [3.05, 3.63) is 108 Å². The van der Waals surface area contributed by atoms with E-state index in [1.807, 2.05) is 37.3 Å². The monoisotopic (exact) mass is 500 g/mol. The molecule has 0 bridgehead atoms. The Labute approximate surface area is 213 Å². The molecule has 6 heteroatoms. The predicted octanol–water partition coefficient (Wildman–Crippen LogP) is 5.47. The van der Waals surface area contributed by atoms with E-state index in [0.717, 1.165) is 43.4 Å². The minimum Gasteiger partial charge on any atom is -0.392 e. The highest BCUT2D eigenvalue weighted by Gasteiger charge is 2.26. The van der Waals surface area contributed by atoms with Crippen molar-refractivity contribution in [2.24, 2.45) is 5.92 Å². The first-order chi connectivity index (χ1) is 17.5. The second kappa shape index (κ2) is 10.4. The zero-order valence-electron chi connectivity index (χ0n) is 20.5. The molecule has 3 aromatic carbocycles. The number of nitrogens with zero attached hydrogens (tertiary/aromatic N) is 2. The standard InChI is InChI=1S/C30H32N2O3S/c1-23-12-13-26-20-30(32(29(26)18-23)36(34,35)28-10-6-3-7-11-28)27(22-33)19-24-14-16-31(17-15-24)21-25-8-4-2-5-9-25/h2-13,18-20,24,33H,14-17,21-22H2,1H3. The maximum Gasteiger partial charge on any atom is 0.268 e. The van der Waals surface area contributed by atoms with Crippen molar-refractivity contribution in [2.45, 2.75) is 31.2 Å². The minimum atomic E-state index is -3.85. The fraction of sp³-hybridized carbons (Fsp3) is 0.267. The van der Waals surface area contributed by atoms with Crippen molar-refractivity contribution in [1.82, 2.24) is 8.87 Å². The number of allylic oxidation sites excluding steroid dienone is 1. The zero-order valence-corrected chi connectivity index (χ0v) is 21.4. The van der Waals surface area contributed by atoms with Crippen molar-refractivity contribution >= 4 is 26.5 Å². The number of aryl methyl sites for hydroxylation is 1. The molecular formula is C30H32N2O3S. The molecule has 1 N–H and O–H groups in total. The van der Waals surface area contributed by atoms with Gasteiger partial charge in [-0.15, -0.1) is 0 Å². The van der Waals surface area contributed by atoms with Crippen molar-refractivity contribution in [3.63, 3.8) is 0 Å². The van der Waals surface area contributed by atoms with Gasteiger partial charge in [-0.1, -0.05) is 66.7 Å². The Morgan fingerprint density at radius 1 is 0.944 bits per heavy atom. The molecular weight excluding hydrogens is 468 g/mol. The maximum atomic E-state index is 13.8. The highest BCUT2D eigenvalue weighted by molar-refractivity contribution is 7.90. The molecule has 4 aromatic rings. The quantitative estimate of drug-likeness (QED) is 0.365. The molecule has 0 aliphatic carbocycles. The summed E-state index contributed by atoms with van der Waals surface area (Å²) in [6.45, 7) is 4.62. The summed E-state index contributed by atoms with van der Waals surface area (Å²) in [5, 5.41) is 11.3. The number of hydrogen-bond acceptors (Lipinski definition) is 4. The van der Waals surface area contributed by atoms with Crippen LogP contribution in [0, 0.1) is 12.8 Å². The van der Waals surface area contributed by atoms with Gasteiger partial charge in [0.15, 0.2) is 0 Å². The van der Waals surface area contributed by atoms with Crippen molar-refractivity contribution in [3.8, 4) is 0 Å². The maximum absolute atomic E-state index is 13.8. The summed E-state index contributed by atoms with van der Waals surface area (Å²) in [5.41, 5.74) is 4.12. The number of benzene rings is 3. The molecule has 1 aliphatic heterocycles. The third-order valence-electron chi connectivity index (χ3n) is 7.01. The number of likely N-dealkylation sites (tertiary alicyclic amines) is 1. The summed E-state index contributed by atoms with van der Waals surface area (Å²) < 4.78 is 29.0. The summed E-state index contributed by atoms with van der Waals surface area (Å²) in [4.78, 5) is 2.69. The fourth-order valence-electron chi connectivity index (χ4n) is 5.09. The van der Waals surface area contributed by atoms with Crippen LogP contribution in [0.5, 0.6) is 0 Å². The van der Waals surface area contributed by atoms with Gasteiger partial charge in [0.2, 0.25) is 0 Å². The molecule has 1 aromatic heterocycles. The largest absolute Gasteiger partial charge is 0.392 e. The SMILES string of the molecule is Cc1ccc2cc(C(=CC3CCN(Cc4ccccc4)CC3)CO)n(S(=O)(=O)c3ccccc3)c2c1. The lowest BCUT2D eigenvalue weighted by Crippen LogP contribution is -2.32. The Kier molecular flexibility index (Phi) is 7.10. The summed E-state index contributed by atoms with van der Waals surface area (Å²) in [7, 11) is -3.85. The van der Waals surface area contributed by atoms with Crippen LogP contribution >= 0.6 is 0 Å². The first kappa shape index (κ1) is 24.5. The Balaban J connectivity index is 1.47. The minimum absolute atomic E-state index is 0.218. The topological polar surface area (TPSA) is 62.5 Å². The molecule has 1 fully saturated rings. The average Bonchev–Trinajstić information content (AvgIpc) is 3.28. The smallest absolute Gasteiger partial charge is 0.268 e. The third kappa shape index (κ3) is 5.03. The van der Waals surface area contributed by atoms with Gasteiger partial charge in [0.25, 0.3) is 10.0 Å². The van der Waals surface area contributed by atoms with Crippen LogP contribution in [0.1, 0.15) is 29.7 Å². The normalized spacial score (nSPS) is 16.0. The lowest BCUT2D eigenvalue weighted by atomic mass is 9.93. The molecule has 0 amide bonds. The van der Waals surface area contributed by atoms with Crippen LogP contribution in [-0.4, -0.2) is 42.1 Å². The van der Waals surface area contributed by atoms with E-state index in [1.54, 1.807) is 30.3 Å². The average molecular weight is 501 g/mol. The molecule has 1 aliphatic rings. The van der Waals surface area contributed by atoms with Gasteiger partial charge < -0.3 is 5.11 Å². The number of aliphatic hydroxyl groups is 1. The van der Waals surface area contributed by atoms with E-state index in [9.17, 15) is 13.5 Å². The summed E-state index contributed by atoms with van der Waals surface area (Å²) in [6.07, 6.45) is 4.04. The highest BCUT2D eigenvalue weighted by Crippen LogP contribution is 2.32. The van der Waals surface area contributed by atoms with Crippen molar-refractivity contribution < 1.29 is 13.5 Å². The second-order valence-electron chi connectivity index (χ2n) is 9.62. The van der Waals surface area contributed by atoms with Crippen LogP contribution in [0.3, 0.4) is 0 Å². The Morgan fingerprint density at radius 3 is 2.28 bits per heavy atom. The Bertz CT molecular complexity index is 1470. The van der Waals surface area contributed by atoms with Crippen LogP contribution < -0.4 is 0 Å². The molecule has 1 saturated heterocycles. The highest BCUT2D eigenvalue weighted by atomic mass is 32.2. The van der Waals surface area contributed by atoms with E-state index in [4.69, 9.17) is 0 Å². The van der Waals surface area contributed by atoms with E-state index < -0.39 is 10.0 Å². The second-order valence-corrected chi connectivity index (χ2v) is 11.4. The van der Waals surface area contributed by atoms with E-state index >= 15 is 0 Å². The lowest BCUT2D eigenvalue weighted by molar-refractivity contribution is 0.195. The number of aromatic nitrogens is 1. The lowest BCUT2D eigenvalue weighted by Gasteiger charge is -2.31. The van der Waals surface area contributed by atoms with Gasteiger partial charge in [0.1, 0.15) is 0 Å². The van der Waals surface area contributed by atoms with Gasteiger partial charge in [-0.2, -0.15) is 0 Å². The van der Waals surface area contributed by atoms with Gasteiger partial charge in [-0.3, -0.25) is 4.90 Å². The zero-order chi connectivity index (χ0) is 25.1. The molecule has 0 atom stereocenters. The molecule has 0 radical (unpaired) electrons. The molecule has 0 unspecified atom stereocenters. The van der Waals surface area contributed by atoms with Gasteiger partial charge >= 0.3 is 0 Å². The fourth-order valence-corrected chi connectivity index (χ4v) is 6.65. The Morgan fingerprint density at radius 2 is 1.61 bits per heavy atom. The molecule has 2 heterocycles. The summed E-state index contributed by atoms with van der Waals surface area (Å²) in [5.74, 6) is 0.284. The van der Waals surface area contributed by atoms with Crippen LogP contribution in [-0.2, 0) is 16.6 Å². The van der Waals surface area contributed by atoms with Gasteiger partial charge in [-0.25, -0.2) is 12.4 Å². The first-order valence-electron chi connectivity index (χ1n) is 12.5. The van der Waals surface area contributed by atoms with E-state index in [0.29, 0.717) is 16.8 Å². The molecule has 5 nitrogen and oxygen atoms in total. The molecule has 36 heavy (non-hydrogen) atoms. The predicted molar refractivity (Wildman–Crippen MR) is 145 cm³/mol. The number of rotatable bonds is 7. The molecule has 0 saturated carbocycles. The van der Waals surface area contributed by atoms with Gasteiger partial charge in [-0.05, 0) is 79.7 Å². The van der Waals surface area contributed by atoms with Crippen LogP contribution in [0.25, 0.3) is 16.5 Å². The van der Waals surface area contributed by atoms with Crippen LogP contribution in [0.15, 0.2) is 95.9 Å². The molecule has 5 rings (SSSR count). The van der Waals surface area contributed by atoms with Crippen LogP contribution in [0.2, 0.25) is 0 Å². The molecule has 186 valence electrons.